The number of hydrogen-bond donors (Lipinski definition) is 11. The molecule has 8 aromatic rings. The van der Waals surface area contributed by atoms with E-state index in [1.807, 2.05) is 55.6 Å². The van der Waals surface area contributed by atoms with Crippen LogP contribution >= 0.6 is 0 Å². The van der Waals surface area contributed by atoms with E-state index in [9.17, 15) is 43.5 Å². The Morgan fingerprint density at radius 1 is 0.380 bits per heavy atom. The van der Waals surface area contributed by atoms with Gasteiger partial charge in [-0.3, -0.25) is 38.4 Å². The summed E-state index contributed by atoms with van der Waals surface area (Å²) in [5.41, 5.74) is 5.50. The van der Waals surface area contributed by atoms with Crippen LogP contribution in [0.4, 0.5) is 92.6 Å². The molecule has 760 valence electrons. The number of rotatable bonds is 28. The third-order valence-electron chi connectivity index (χ3n) is 28.6. The third kappa shape index (κ3) is 22.8. The predicted octanol–water partition coefficient (Wildman–Crippen LogP) is 12.5. The minimum Gasteiger partial charge on any atom is -0.495 e. The highest BCUT2D eigenvalue weighted by Gasteiger charge is 2.57. The molecule has 8 heterocycles. The first-order valence-electron chi connectivity index (χ1n) is 49.6. The molecule has 10 aliphatic rings. The maximum atomic E-state index is 13.2. The molecule has 4 aromatic carbocycles. The van der Waals surface area contributed by atoms with Crippen molar-refractivity contribution in [1.29, 1.82) is 0 Å². The molecule has 11 N–H and O–H groups in total. The molecular weight excluding hydrogens is 1810 g/mol. The molecule has 1 atom stereocenters. The number of hydrogen-bond acceptors (Lipinski definition) is 31. The minimum absolute atomic E-state index is 0.0242. The van der Waals surface area contributed by atoms with Crippen molar-refractivity contribution in [3.63, 3.8) is 0 Å². The third-order valence-corrected chi connectivity index (χ3v) is 28.6. The zero-order valence-electron chi connectivity index (χ0n) is 84.3. The zero-order valence-corrected chi connectivity index (χ0v) is 84.3. The van der Waals surface area contributed by atoms with Crippen molar-refractivity contribution in [2.45, 2.75) is 220 Å². The second-order valence-electron chi connectivity index (χ2n) is 40.3. The molecule has 6 saturated carbocycles. The lowest BCUT2D eigenvalue weighted by Gasteiger charge is -2.34. The van der Waals surface area contributed by atoms with E-state index in [4.69, 9.17) is 49.1 Å². The van der Waals surface area contributed by atoms with Crippen molar-refractivity contribution < 1.29 is 72.6 Å². The van der Waals surface area contributed by atoms with E-state index < -0.39 is 10.8 Å². The van der Waals surface area contributed by atoms with Gasteiger partial charge in [0.2, 0.25) is 47.4 Å². The number of nitrogens with one attached hydrogen (secondary N) is 8. The lowest BCUT2D eigenvalue weighted by Crippen LogP contribution is -2.45. The molecule has 18 rings (SSSR count). The van der Waals surface area contributed by atoms with Crippen LogP contribution < -0.4 is 101 Å². The second kappa shape index (κ2) is 44.3. The quantitative estimate of drug-likeness (QED) is 0.0203. The number of carbonyl (C=O) groups excluding carboxylic acids is 8. The van der Waals surface area contributed by atoms with Crippen LogP contribution in [0.15, 0.2) is 97.6 Å². The highest BCUT2D eigenvalue weighted by molar-refractivity contribution is 6.06. The lowest BCUT2D eigenvalue weighted by atomic mass is 9.91. The van der Waals surface area contributed by atoms with Crippen molar-refractivity contribution >= 4 is 140 Å². The van der Waals surface area contributed by atoms with Gasteiger partial charge in [-0.15, -0.1) is 0 Å². The number of ether oxygens (including phenoxy) is 4. The second-order valence-corrected chi connectivity index (χ2v) is 40.3. The van der Waals surface area contributed by atoms with Crippen molar-refractivity contribution in [2.75, 3.05) is 176 Å². The lowest BCUT2D eigenvalue weighted by molar-refractivity contribution is -0.126. The van der Waals surface area contributed by atoms with E-state index in [0.29, 0.717) is 166 Å². The number of carbonyl (C=O) groups is 8. The predicted molar refractivity (Wildman–Crippen MR) is 546 cm³/mol. The van der Waals surface area contributed by atoms with Gasteiger partial charge in [-0.1, -0.05) is 51.4 Å². The first kappa shape index (κ1) is 103. The van der Waals surface area contributed by atoms with E-state index in [2.05, 4.69) is 82.1 Å². The van der Waals surface area contributed by atoms with E-state index in [-0.39, 0.29) is 96.5 Å². The van der Waals surface area contributed by atoms with Crippen LogP contribution in [0.2, 0.25) is 0 Å². The number of methoxy groups -OCH3 is 4. The number of benzene rings is 4. The number of aromatic nitrogens is 8. The SMILES string of the molecule is COc1cc(C(=O)NC(C)C)ccc1Nc1ncc2c(n1)N(C1CCCC1)CC1(CC1)C(=O)N2C.COc1cc(C(=O)NCCCO)ccc1Nc1ncc2c(n1)N(C1CCCC1)CC1(CC1)C(=O)N2C.COc1cc(C(=O)NCCO)ccc1Nc1ncc2c(n1)N(C1CCCC1)CC(C)(C)C(=O)N2C.COc1cc(C(=O)N[C@@H](C)CO)ccc1Nc1ncc2c(n1)N(C1CCCC1)CC(C)(C)C(=O)N2C. The average molecular weight is 1950 g/mol. The Labute approximate surface area is 829 Å². The molecule has 8 amide bonds. The highest BCUT2D eigenvalue weighted by atomic mass is 16.5. The molecule has 6 aliphatic carbocycles. The molecule has 0 radical (unpaired) electrons. The molecule has 39 nitrogen and oxygen atoms in total. The summed E-state index contributed by atoms with van der Waals surface area (Å²) < 4.78 is 22.1. The zero-order chi connectivity index (χ0) is 101. The van der Waals surface area contributed by atoms with Crippen LogP contribution in [0, 0.1) is 21.7 Å². The monoisotopic (exact) mass is 1950 g/mol. The Bertz CT molecular complexity index is 5930. The van der Waals surface area contributed by atoms with E-state index in [1.54, 1.807) is 152 Å². The minimum atomic E-state index is -0.557. The fourth-order valence-corrected chi connectivity index (χ4v) is 20.3. The summed E-state index contributed by atoms with van der Waals surface area (Å²) >= 11 is 0. The largest absolute Gasteiger partial charge is 0.495 e. The van der Waals surface area contributed by atoms with Crippen molar-refractivity contribution in [2.24, 2.45) is 21.7 Å². The number of nitrogens with zero attached hydrogens (tertiary/aromatic N) is 16. The first-order chi connectivity index (χ1) is 68.1. The standard InChI is InChI=1S/C26H34N6O4.C26H36N6O4.C26H34N6O3.C25H34N6O4/c1-31-20-15-28-25(29-19-9-8-17(14-21(19)36-2)23(34)27-12-5-13-33)30-22(20)32(18-6-3-4-7-18)16-26(10-11-26)24(31)35;1-16(14-33)28-23(34)17-10-11-19(21(12-17)36-5)29-25-27-13-20-22(30-25)32(18-8-6-7-9-18)15-26(2,3)24(35)31(20)4;1-16(2)28-23(33)17-9-10-19(21(13-17)35-4)29-25-27-14-20-22(30-25)32(18-7-5-6-8-18)15-26(11-12-26)24(34)31(20)3;1-25(2)15-31(17-7-5-6-8-17)21-19(30(3)23(25)34)14-27-24(29-21)28-18-10-9-16(13-20(18)35-4)22(33)26-11-12-32/h8-9,14-15,18,33H,3-7,10-13,16H2,1-2H3,(H,27,34)(H,28,29,30);10-13,16,18,33H,6-9,14-15H2,1-5H3,(H,28,34)(H,27,29,30);9-10,13-14,16,18H,5-8,11-12,15H2,1-4H3,(H,28,33)(H,27,29,30);9-10,13-14,17,32H,5-8,11-12,15H2,1-4H3,(H,26,33)(H,27,28,29)/t;16-;;/m.0../s1. The van der Waals surface area contributed by atoms with Crippen LogP contribution in [0.25, 0.3) is 0 Å². The van der Waals surface area contributed by atoms with E-state index >= 15 is 0 Å². The van der Waals surface area contributed by atoms with Gasteiger partial charge < -0.3 is 116 Å². The molecule has 0 unspecified atom stereocenters. The molecule has 142 heavy (non-hydrogen) atoms. The number of aliphatic hydroxyl groups is 3. The van der Waals surface area contributed by atoms with Gasteiger partial charge >= 0.3 is 0 Å². The topological polar surface area (TPSA) is 459 Å². The number of amides is 8. The summed E-state index contributed by atoms with van der Waals surface area (Å²) in [6.45, 7) is 16.4. The molecule has 4 aromatic heterocycles. The molecular formula is C103H138N24O15. The van der Waals surface area contributed by atoms with Crippen molar-refractivity contribution in [1.82, 2.24) is 61.1 Å². The summed E-state index contributed by atoms with van der Waals surface area (Å²) in [4.78, 5) is 156. The van der Waals surface area contributed by atoms with Gasteiger partial charge in [0.25, 0.3) is 23.6 Å². The molecule has 0 saturated heterocycles. The smallest absolute Gasteiger partial charge is 0.251 e. The first-order valence-corrected chi connectivity index (χ1v) is 49.6. The van der Waals surface area contributed by atoms with Crippen LogP contribution in [0.1, 0.15) is 225 Å². The van der Waals surface area contributed by atoms with Crippen LogP contribution in [-0.2, 0) is 19.2 Å². The summed E-state index contributed by atoms with van der Waals surface area (Å²) in [6.07, 6.45) is 29.3. The van der Waals surface area contributed by atoms with Gasteiger partial charge in [0, 0.05) is 133 Å². The number of anilines is 16. The van der Waals surface area contributed by atoms with E-state index in [1.165, 1.54) is 65.6 Å². The summed E-state index contributed by atoms with van der Waals surface area (Å²) in [5.74, 6) is 6.02. The number of fused-ring (bicyclic) bond motifs is 4. The summed E-state index contributed by atoms with van der Waals surface area (Å²) in [7, 11) is 13.4. The van der Waals surface area contributed by atoms with Gasteiger partial charge in [0.05, 0.1) is 111 Å². The van der Waals surface area contributed by atoms with Crippen molar-refractivity contribution in [3.8, 4) is 23.0 Å². The Balaban J connectivity index is 0.000000143. The molecule has 4 aliphatic heterocycles. The van der Waals surface area contributed by atoms with Gasteiger partial charge in [0.1, 0.15) is 45.7 Å². The maximum Gasteiger partial charge on any atom is 0.251 e. The molecule has 0 bridgehead atoms. The Morgan fingerprint density at radius 3 is 0.923 bits per heavy atom. The maximum absolute atomic E-state index is 13.2. The Kier molecular flexibility index (Phi) is 32.1. The fraction of sp³-hybridized carbons (Fsp3) is 0.534. The summed E-state index contributed by atoms with van der Waals surface area (Å²) in [6, 6.07) is 21.6. The van der Waals surface area contributed by atoms with E-state index in [0.717, 1.165) is 112 Å². The summed E-state index contributed by atoms with van der Waals surface area (Å²) in [5, 5.41) is 51.0. The fourth-order valence-electron chi connectivity index (χ4n) is 20.3. The molecule has 6 fully saturated rings. The Hall–Kier alpha value is -13.6. The van der Waals surface area contributed by atoms with Gasteiger partial charge in [-0.25, -0.2) is 19.9 Å². The highest BCUT2D eigenvalue weighted by Crippen LogP contribution is 2.55. The van der Waals surface area contributed by atoms with Gasteiger partial charge in [-0.2, -0.15) is 19.9 Å². The van der Waals surface area contributed by atoms with Gasteiger partial charge in [0.15, 0.2) is 23.3 Å². The van der Waals surface area contributed by atoms with Crippen LogP contribution in [-0.4, -0.2) is 254 Å². The molecule has 39 heteroatoms. The number of aliphatic hydroxyl groups excluding tert-OH is 3. The van der Waals surface area contributed by atoms with Crippen LogP contribution in [0.3, 0.4) is 0 Å². The molecule has 2 spiro atoms. The Morgan fingerprint density at radius 2 is 0.655 bits per heavy atom. The average Bonchev–Trinajstić information content (AvgIpc) is 1.59. The van der Waals surface area contributed by atoms with Crippen LogP contribution in [0.5, 0.6) is 23.0 Å². The normalized spacial score (nSPS) is 18.5. The van der Waals surface area contributed by atoms with Gasteiger partial charge in [-0.05, 0) is 205 Å². The van der Waals surface area contributed by atoms with Crippen molar-refractivity contribution in [3.05, 3.63) is 120 Å².